The summed E-state index contributed by atoms with van der Waals surface area (Å²) in [4.78, 5) is 0. The van der Waals surface area contributed by atoms with Crippen LogP contribution >= 0.6 is 0 Å². The van der Waals surface area contributed by atoms with Gasteiger partial charge in [0.15, 0.2) is 0 Å². The molecule has 0 N–H and O–H groups in total. The first kappa shape index (κ1) is 19.5. The Balaban J connectivity index is 0.00000361. The zero-order chi connectivity index (χ0) is 14.1. The summed E-state index contributed by atoms with van der Waals surface area (Å²) < 4.78 is 17.6. The van der Waals surface area contributed by atoms with Gasteiger partial charge in [-0.1, -0.05) is 29.8 Å². The van der Waals surface area contributed by atoms with E-state index in [9.17, 15) is 0 Å². The van der Waals surface area contributed by atoms with E-state index in [1.165, 1.54) is 11.1 Å². The molecule has 0 aliphatic carbocycles. The van der Waals surface area contributed by atoms with Crippen LogP contribution < -0.4 is 0 Å². The van der Waals surface area contributed by atoms with Crippen molar-refractivity contribution in [2.24, 2.45) is 0 Å². The van der Waals surface area contributed by atoms with E-state index in [1.807, 2.05) is 20.8 Å². The maximum atomic E-state index is 5.85. The van der Waals surface area contributed by atoms with E-state index in [2.05, 4.69) is 31.2 Å². The molecular formula is C15H30O3Si2. The summed E-state index contributed by atoms with van der Waals surface area (Å²) in [6, 6.07) is 9.45. The number of hydrogen-bond acceptors (Lipinski definition) is 3. The topological polar surface area (TPSA) is 27.7 Å². The Morgan fingerprint density at radius 1 is 0.850 bits per heavy atom. The number of benzene rings is 1. The molecule has 1 aromatic rings. The van der Waals surface area contributed by atoms with E-state index in [-0.39, 0.29) is 11.0 Å². The predicted octanol–water partition coefficient (Wildman–Crippen LogP) is 2.13. The van der Waals surface area contributed by atoms with Gasteiger partial charge in [0, 0.05) is 25.9 Å². The van der Waals surface area contributed by atoms with Crippen LogP contribution in [0, 0.1) is 6.92 Å². The van der Waals surface area contributed by atoms with Gasteiger partial charge in [-0.25, -0.2) is 0 Å². The van der Waals surface area contributed by atoms with Gasteiger partial charge < -0.3 is 13.3 Å². The van der Waals surface area contributed by atoms with Gasteiger partial charge in [0.2, 0.25) is 0 Å². The molecular weight excluding hydrogens is 284 g/mol. The fourth-order valence-corrected chi connectivity index (χ4v) is 4.65. The van der Waals surface area contributed by atoms with E-state index in [4.69, 9.17) is 13.3 Å². The summed E-state index contributed by atoms with van der Waals surface area (Å²) >= 11 is 0. The predicted molar refractivity (Wildman–Crippen MR) is 91.7 cm³/mol. The molecule has 0 heterocycles. The highest BCUT2D eigenvalue weighted by Gasteiger charge is 2.39. The molecule has 0 amide bonds. The van der Waals surface area contributed by atoms with Crippen molar-refractivity contribution >= 4 is 19.8 Å². The van der Waals surface area contributed by atoms with Gasteiger partial charge in [0.25, 0.3) is 0 Å². The van der Waals surface area contributed by atoms with Crippen molar-refractivity contribution in [2.75, 3.05) is 19.8 Å². The molecule has 116 valence electrons. The van der Waals surface area contributed by atoms with Crippen LogP contribution in [0.25, 0.3) is 0 Å². The Hall–Kier alpha value is -0.466. The molecule has 0 saturated carbocycles. The fraction of sp³-hybridized carbons (Fsp3) is 0.600. The summed E-state index contributed by atoms with van der Waals surface area (Å²) in [6.07, 6.45) is 0.937. The molecule has 0 saturated heterocycles. The molecule has 0 bridgehead atoms. The van der Waals surface area contributed by atoms with E-state index < -0.39 is 8.80 Å². The molecule has 1 aromatic carbocycles. The smallest absolute Gasteiger partial charge is 0.374 e. The van der Waals surface area contributed by atoms with Crippen molar-refractivity contribution in [1.29, 1.82) is 0 Å². The van der Waals surface area contributed by atoms with Crippen molar-refractivity contribution in [1.82, 2.24) is 0 Å². The first-order valence-electron chi connectivity index (χ1n) is 7.13. The number of hydrogen-bond donors (Lipinski definition) is 0. The third-order valence-electron chi connectivity index (χ3n) is 2.93. The Morgan fingerprint density at radius 2 is 1.30 bits per heavy atom. The lowest BCUT2D eigenvalue weighted by Crippen LogP contribution is -2.46. The van der Waals surface area contributed by atoms with Crippen molar-refractivity contribution in [3.63, 3.8) is 0 Å². The van der Waals surface area contributed by atoms with Crippen LogP contribution in [0.1, 0.15) is 31.9 Å². The van der Waals surface area contributed by atoms with Crippen LogP contribution in [0.2, 0.25) is 6.04 Å². The molecule has 0 fully saturated rings. The summed E-state index contributed by atoms with van der Waals surface area (Å²) in [6.45, 7) is 9.99. The fourth-order valence-electron chi connectivity index (χ4n) is 2.05. The van der Waals surface area contributed by atoms with E-state index >= 15 is 0 Å². The van der Waals surface area contributed by atoms with Crippen LogP contribution in [-0.4, -0.2) is 39.6 Å². The molecule has 0 aromatic heterocycles. The van der Waals surface area contributed by atoms with E-state index in [1.54, 1.807) is 0 Å². The minimum absolute atomic E-state index is 0. The molecule has 3 nitrogen and oxygen atoms in total. The summed E-state index contributed by atoms with van der Waals surface area (Å²) in [5, 5.41) is 0. The van der Waals surface area contributed by atoms with Gasteiger partial charge in [-0.15, -0.1) is 0 Å². The molecule has 0 radical (unpaired) electrons. The van der Waals surface area contributed by atoms with E-state index in [0.29, 0.717) is 19.8 Å². The lowest BCUT2D eigenvalue weighted by molar-refractivity contribution is 0.0714. The van der Waals surface area contributed by atoms with Gasteiger partial charge in [-0.2, -0.15) is 0 Å². The van der Waals surface area contributed by atoms with Gasteiger partial charge in [-0.3, -0.25) is 0 Å². The first-order chi connectivity index (χ1) is 9.15. The average molecular weight is 315 g/mol. The van der Waals surface area contributed by atoms with Crippen LogP contribution in [0.4, 0.5) is 0 Å². The monoisotopic (exact) mass is 314 g/mol. The van der Waals surface area contributed by atoms with Gasteiger partial charge in [0.1, 0.15) is 0 Å². The second-order valence-corrected chi connectivity index (χ2v) is 7.20. The zero-order valence-electron chi connectivity index (χ0n) is 12.6. The van der Waals surface area contributed by atoms with Gasteiger partial charge in [0.05, 0.1) is 0 Å². The Morgan fingerprint density at radius 3 is 1.70 bits per heavy atom. The standard InChI is InChI=1S/C15H26O3Si.H4Si/c1-5-16-19(17-6-2,18-7-3)13-12-15-10-8-14(4)9-11-15;/h8-11H,5-7,12-13H2,1-4H3;1H4. The minimum Gasteiger partial charge on any atom is -0.374 e. The molecule has 20 heavy (non-hydrogen) atoms. The largest absolute Gasteiger partial charge is 0.501 e. The molecule has 5 heteroatoms. The van der Waals surface area contributed by atoms with Crippen LogP contribution in [0.5, 0.6) is 0 Å². The molecule has 0 atom stereocenters. The van der Waals surface area contributed by atoms with Crippen molar-refractivity contribution in [3.8, 4) is 0 Å². The molecule has 0 aliphatic rings. The van der Waals surface area contributed by atoms with Crippen LogP contribution in [-0.2, 0) is 19.7 Å². The van der Waals surface area contributed by atoms with Gasteiger partial charge in [-0.05, 0) is 50.6 Å². The SMILES string of the molecule is CCO[Si](CCc1ccc(C)cc1)(OCC)OCC.[SiH4]. The van der Waals surface area contributed by atoms with Crippen molar-refractivity contribution < 1.29 is 13.3 Å². The highest BCUT2D eigenvalue weighted by molar-refractivity contribution is 6.60. The van der Waals surface area contributed by atoms with Crippen LogP contribution in [0.15, 0.2) is 24.3 Å². The Labute approximate surface area is 129 Å². The molecule has 1 rings (SSSR count). The van der Waals surface area contributed by atoms with Crippen LogP contribution in [0.3, 0.4) is 0 Å². The Kier molecular flexibility index (Phi) is 10.0. The second kappa shape index (κ2) is 10.3. The Bertz CT molecular complexity index is 338. The summed E-state index contributed by atoms with van der Waals surface area (Å²) in [5.74, 6) is 0. The third-order valence-corrected chi connectivity index (χ3v) is 5.98. The number of rotatable bonds is 9. The second-order valence-electron chi connectivity index (χ2n) is 4.47. The molecule has 0 unspecified atom stereocenters. The summed E-state index contributed by atoms with van der Waals surface area (Å²) in [7, 11) is -2.49. The van der Waals surface area contributed by atoms with Crippen molar-refractivity contribution in [3.05, 3.63) is 35.4 Å². The quantitative estimate of drug-likeness (QED) is 0.654. The minimum atomic E-state index is -2.49. The summed E-state index contributed by atoms with van der Waals surface area (Å²) in [5.41, 5.74) is 2.59. The lowest BCUT2D eigenvalue weighted by Gasteiger charge is -2.28. The molecule has 0 spiro atoms. The third kappa shape index (κ3) is 6.32. The highest BCUT2D eigenvalue weighted by atomic mass is 28.4. The first-order valence-corrected chi connectivity index (χ1v) is 9.06. The normalized spacial score (nSPS) is 11.2. The molecule has 0 aliphatic heterocycles. The highest BCUT2D eigenvalue weighted by Crippen LogP contribution is 2.19. The lowest BCUT2D eigenvalue weighted by atomic mass is 10.1. The van der Waals surface area contributed by atoms with Crippen molar-refractivity contribution in [2.45, 2.75) is 40.2 Å². The maximum Gasteiger partial charge on any atom is 0.501 e. The van der Waals surface area contributed by atoms with Gasteiger partial charge >= 0.3 is 8.80 Å². The zero-order valence-corrected chi connectivity index (χ0v) is 13.6. The van der Waals surface area contributed by atoms with E-state index in [0.717, 1.165) is 12.5 Å². The average Bonchev–Trinajstić information content (AvgIpc) is 2.39. The maximum absolute atomic E-state index is 5.85. The number of aryl methyl sites for hydroxylation is 2.